The molecular formula is C13H19F3N2O2. The van der Waals surface area contributed by atoms with Gasteiger partial charge in [-0.05, 0) is 25.1 Å². The topological polar surface area (TPSA) is 47.7 Å². The minimum Gasteiger partial charge on any atom is -0.497 e. The highest BCUT2D eigenvalue weighted by molar-refractivity contribution is 5.50. The van der Waals surface area contributed by atoms with Crippen molar-refractivity contribution in [2.45, 2.75) is 12.8 Å². The van der Waals surface area contributed by atoms with Gasteiger partial charge in [-0.3, -0.25) is 4.74 Å². The van der Waals surface area contributed by atoms with Crippen molar-refractivity contribution in [1.82, 2.24) is 0 Å². The van der Waals surface area contributed by atoms with Crippen LogP contribution in [-0.4, -0.2) is 39.7 Å². The molecule has 0 fully saturated rings. The second-order valence-corrected chi connectivity index (χ2v) is 4.12. The maximum Gasteiger partial charge on any atom is 0.522 e. The van der Waals surface area contributed by atoms with Crippen LogP contribution in [0.5, 0.6) is 5.75 Å². The van der Waals surface area contributed by atoms with Crippen LogP contribution in [0.4, 0.5) is 18.9 Å². The van der Waals surface area contributed by atoms with Crippen molar-refractivity contribution >= 4 is 5.69 Å². The Balaban J connectivity index is 2.67. The van der Waals surface area contributed by atoms with E-state index in [-0.39, 0.29) is 6.54 Å². The molecule has 7 heteroatoms. The van der Waals surface area contributed by atoms with E-state index in [1.54, 1.807) is 23.1 Å². The number of ether oxygens (including phenoxy) is 2. The minimum atomic E-state index is -4.60. The Morgan fingerprint density at radius 2 is 2.00 bits per heavy atom. The quantitative estimate of drug-likeness (QED) is 0.799. The average Bonchev–Trinajstić information content (AvgIpc) is 2.41. The van der Waals surface area contributed by atoms with Crippen LogP contribution in [0.25, 0.3) is 0 Å². The van der Waals surface area contributed by atoms with Gasteiger partial charge in [0.25, 0.3) is 0 Å². The normalized spacial score (nSPS) is 11.4. The molecule has 0 saturated carbocycles. The molecule has 114 valence electrons. The molecule has 20 heavy (non-hydrogen) atoms. The number of rotatable bonds is 8. The van der Waals surface area contributed by atoms with Crippen LogP contribution < -0.4 is 15.4 Å². The highest BCUT2D eigenvalue weighted by atomic mass is 19.4. The smallest absolute Gasteiger partial charge is 0.497 e. The van der Waals surface area contributed by atoms with Gasteiger partial charge >= 0.3 is 6.36 Å². The second-order valence-electron chi connectivity index (χ2n) is 4.12. The van der Waals surface area contributed by atoms with Crippen molar-refractivity contribution in [3.63, 3.8) is 0 Å². The summed E-state index contributed by atoms with van der Waals surface area (Å²) in [5.74, 6) is 0.650. The fraction of sp³-hybridized carbons (Fsp3) is 0.538. The summed E-state index contributed by atoms with van der Waals surface area (Å²) in [7, 11) is 1.54. The summed E-state index contributed by atoms with van der Waals surface area (Å²) in [5.41, 5.74) is 6.23. The number of benzene rings is 1. The summed E-state index contributed by atoms with van der Waals surface area (Å²) in [6.07, 6.45) is -3.92. The summed E-state index contributed by atoms with van der Waals surface area (Å²) in [4.78, 5) is 1.79. The van der Waals surface area contributed by atoms with Gasteiger partial charge in [-0.2, -0.15) is 0 Å². The van der Waals surface area contributed by atoms with Crippen LogP contribution >= 0.6 is 0 Å². The molecule has 0 atom stereocenters. The van der Waals surface area contributed by atoms with Gasteiger partial charge in [0.05, 0.1) is 13.7 Å². The first-order chi connectivity index (χ1) is 9.46. The number of hydrogen-bond donors (Lipinski definition) is 1. The van der Waals surface area contributed by atoms with Crippen molar-refractivity contribution < 1.29 is 22.6 Å². The monoisotopic (exact) mass is 292 g/mol. The van der Waals surface area contributed by atoms with Crippen molar-refractivity contribution in [1.29, 1.82) is 0 Å². The molecule has 0 bridgehead atoms. The molecule has 0 aliphatic carbocycles. The number of nitrogens with two attached hydrogens (primary N) is 1. The van der Waals surface area contributed by atoms with E-state index in [4.69, 9.17) is 10.5 Å². The molecule has 0 aromatic heterocycles. The molecule has 0 spiro atoms. The third-order valence-corrected chi connectivity index (χ3v) is 2.68. The summed E-state index contributed by atoms with van der Waals surface area (Å²) < 4.78 is 44.9. The zero-order valence-electron chi connectivity index (χ0n) is 11.3. The molecule has 0 aliphatic heterocycles. The number of alkyl halides is 3. The SMILES string of the molecule is COc1cccc(N(CCCN)CCOC(F)(F)F)c1. The van der Waals surface area contributed by atoms with Crippen molar-refractivity contribution in [2.75, 3.05) is 38.3 Å². The van der Waals surface area contributed by atoms with Crippen LogP contribution in [-0.2, 0) is 4.74 Å². The zero-order valence-corrected chi connectivity index (χ0v) is 11.3. The van der Waals surface area contributed by atoms with Gasteiger partial charge in [0.15, 0.2) is 0 Å². The molecule has 0 aliphatic rings. The van der Waals surface area contributed by atoms with E-state index < -0.39 is 13.0 Å². The lowest BCUT2D eigenvalue weighted by atomic mass is 10.2. The van der Waals surface area contributed by atoms with Gasteiger partial charge in [-0.25, -0.2) is 0 Å². The van der Waals surface area contributed by atoms with Crippen molar-refractivity contribution in [2.24, 2.45) is 5.73 Å². The summed E-state index contributed by atoms with van der Waals surface area (Å²) in [6, 6.07) is 7.14. The maximum atomic E-state index is 12.0. The molecule has 0 radical (unpaired) electrons. The molecule has 1 aromatic carbocycles. The lowest BCUT2D eigenvalue weighted by Gasteiger charge is -2.25. The van der Waals surface area contributed by atoms with Crippen LogP contribution in [0, 0.1) is 0 Å². The molecule has 0 heterocycles. The van der Waals surface area contributed by atoms with Gasteiger partial charge in [0.1, 0.15) is 5.75 Å². The lowest BCUT2D eigenvalue weighted by molar-refractivity contribution is -0.323. The summed E-state index contributed by atoms with van der Waals surface area (Å²) in [5, 5.41) is 0. The molecule has 1 rings (SSSR count). The standard InChI is InChI=1S/C13H19F3N2O2/c1-19-12-5-2-4-11(10-12)18(7-3-6-17)8-9-20-13(14,15)16/h2,4-5,10H,3,6-9,17H2,1H3. The largest absolute Gasteiger partial charge is 0.522 e. The number of nitrogens with zero attached hydrogens (tertiary/aromatic N) is 1. The zero-order chi connectivity index (χ0) is 15.0. The van der Waals surface area contributed by atoms with Crippen LogP contribution in [0.3, 0.4) is 0 Å². The fourth-order valence-corrected chi connectivity index (χ4v) is 1.73. The Bertz CT molecular complexity index is 399. The number of halogens is 3. The summed E-state index contributed by atoms with van der Waals surface area (Å²) in [6.45, 7) is 0.740. The van der Waals surface area contributed by atoms with Crippen molar-refractivity contribution in [3.05, 3.63) is 24.3 Å². The van der Waals surface area contributed by atoms with Gasteiger partial charge in [-0.15, -0.1) is 13.2 Å². The Morgan fingerprint density at radius 3 is 2.60 bits per heavy atom. The highest BCUT2D eigenvalue weighted by Crippen LogP contribution is 2.22. The Labute approximate surface area is 116 Å². The first kappa shape index (κ1) is 16.6. The molecule has 1 aromatic rings. The number of hydrogen-bond acceptors (Lipinski definition) is 4. The lowest BCUT2D eigenvalue weighted by Crippen LogP contribution is -2.31. The first-order valence-corrected chi connectivity index (χ1v) is 6.26. The van der Waals surface area contributed by atoms with Gasteiger partial charge in [0, 0.05) is 24.8 Å². The molecule has 2 N–H and O–H groups in total. The van der Waals surface area contributed by atoms with E-state index in [2.05, 4.69) is 4.74 Å². The van der Waals surface area contributed by atoms with Crippen LogP contribution in [0.1, 0.15) is 6.42 Å². The van der Waals surface area contributed by atoms with E-state index in [1.165, 1.54) is 7.11 Å². The molecule has 0 saturated heterocycles. The Hall–Kier alpha value is -1.47. The number of methoxy groups -OCH3 is 1. The summed E-state index contributed by atoms with van der Waals surface area (Å²) >= 11 is 0. The predicted octanol–water partition coefficient (Wildman–Crippen LogP) is 2.39. The van der Waals surface area contributed by atoms with E-state index in [0.29, 0.717) is 25.3 Å². The third kappa shape index (κ3) is 6.12. The predicted molar refractivity (Wildman–Crippen MR) is 70.9 cm³/mol. The molecule has 4 nitrogen and oxygen atoms in total. The third-order valence-electron chi connectivity index (χ3n) is 2.68. The van der Waals surface area contributed by atoms with Gasteiger partial charge < -0.3 is 15.4 Å². The van der Waals surface area contributed by atoms with E-state index >= 15 is 0 Å². The van der Waals surface area contributed by atoms with Gasteiger partial charge in [-0.1, -0.05) is 6.07 Å². The Kier molecular flexibility index (Phi) is 6.60. The number of anilines is 1. The first-order valence-electron chi connectivity index (χ1n) is 6.26. The Morgan fingerprint density at radius 1 is 1.25 bits per heavy atom. The second kappa shape index (κ2) is 7.96. The van der Waals surface area contributed by atoms with Crippen LogP contribution in [0.15, 0.2) is 24.3 Å². The van der Waals surface area contributed by atoms with Crippen molar-refractivity contribution in [3.8, 4) is 5.75 Å². The van der Waals surface area contributed by atoms with E-state index in [9.17, 15) is 13.2 Å². The van der Waals surface area contributed by atoms with Gasteiger partial charge in [0.2, 0.25) is 0 Å². The molecular weight excluding hydrogens is 273 g/mol. The molecule has 0 amide bonds. The average molecular weight is 292 g/mol. The van der Waals surface area contributed by atoms with E-state index in [0.717, 1.165) is 5.69 Å². The van der Waals surface area contributed by atoms with E-state index in [1.807, 2.05) is 6.07 Å². The maximum absolute atomic E-state index is 12.0. The van der Waals surface area contributed by atoms with Crippen LogP contribution in [0.2, 0.25) is 0 Å². The fourth-order valence-electron chi connectivity index (χ4n) is 1.73. The molecule has 0 unspecified atom stereocenters. The minimum absolute atomic E-state index is 0.132. The highest BCUT2D eigenvalue weighted by Gasteiger charge is 2.28.